The van der Waals surface area contributed by atoms with Crippen molar-refractivity contribution in [2.24, 2.45) is 7.05 Å². The Hall–Kier alpha value is -2.07. The lowest BCUT2D eigenvalue weighted by Crippen LogP contribution is -2.45. The quantitative estimate of drug-likeness (QED) is 0.611. The summed E-state index contributed by atoms with van der Waals surface area (Å²) < 4.78 is 28.0. The summed E-state index contributed by atoms with van der Waals surface area (Å²) in [4.78, 5) is 24.5. The first-order chi connectivity index (χ1) is 13.5. The molecule has 0 aliphatic rings. The van der Waals surface area contributed by atoms with Crippen molar-refractivity contribution in [2.45, 2.75) is 13.0 Å². The lowest BCUT2D eigenvalue weighted by molar-refractivity contribution is -0.116. The number of rotatable bonds is 5. The van der Waals surface area contributed by atoms with Gasteiger partial charge in [0.25, 0.3) is 0 Å². The van der Waals surface area contributed by atoms with E-state index in [2.05, 4.69) is 5.32 Å². The zero-order valence-corrected chi connectivity index (χ0v) is 18.8. The van der Waals surface area contributed by atoms with Crippen LogP contribution in [0.25, 0.3) is 10.2 Å². The summed E-state index contributed by atoms with van der Waals surface area (Å²) in [5.74, 6) is -0.538. The van der Waals surface area contributed by atoms with E-state index in [0.29, 0.717) is 10.4 Å². The molecule has 1 aromatic heterocycles. The fourth-order valence-electron chi connectivity index (χ4n) is 2.89. The molecule has 154 valence electrons. The van der Waals surface area contributed by atoms with Gasteiger partial charge < -0.3 is 9.88 Å². The summed E-state index contributed by atoms with van der Waals surface area (Å²) in [5, 5.41) is 3.15. The molecule has 0 saturated carbocycles. The van der Waals surface area contributed by atoms with E-state index in [0.717, 1.165) is 27.4 Å². The molecular formula is C18H17Cl2N3O4S2. The number of hydrogen-bond donors (Lipinski definition) is 1. The van der Waals surface area contributed by atoms with Gasteiger partial charge in [-0.15, -0.1) is 0 Å². The molecule has 3 rings (SSSR count). The molecule has 1 heterocycles. The van der Waals surface area contributed by atoms with Crippen molar-refractivity contribution in [1.82, 2.24) is 4.57 Å². The minimum absolute atomic E-state index is 0.111. The van der Waals surface area contributed by atoms with Crippen LogP contribution in [-0.2, 0) is 21.9 Å². The fourth-order valence-corrected chi connectivity index (χ4v) is 5.27. The number of sulfonamides is 1. The van der Waals surface area contributed by atoms with Crippen LogP contribution in [0.1, 0.15) is 6.92 Å². The summed E-state index contributed by atoms with van der Waals surface area (Å²) >= 11 is 13.0. The summed E-state index contributed by atoms with van der Waals surface area (Å²) in [6.07, 6.45) is 1.01. The Kier molecular flexibility index (Phi) is 5.96. The molecule has 11 heteroatoms. The van der Waals surface area contributed by atoms with Crippen LogP contribution < -0.4 is 14.5 Å². The lowest BCUT2D eigenvalue weighted by atomic mass is 10.2. The first-order valence-corrected chi connectivity index (χ1v) is 11.8. The minimum Gasteiger partial charge on any atom is -0.324 e. The number of hydrogen-bond acceptors (Lipinski definition) is 5. The van der Waals surface area contributed by atoms with Gasteiger partial charge in [0.2, 0.25) is 15.9 Å². The molecule has 29 heavy (non-hydrogen) atoms. The van der Waals surface area contributed by atoms with Gasteiger partial charge >= 0.3 is 4.87 Å². The second-order valence-electron chi connectivity index (χ2n) is 6.43. The third-order valence-electron chi connectivity index (χ3n) is 4.31. The SMILES string of the molecule is CC(C(=O)Nc1ccc2c(c1)sc(=O)n2C)N(c1ccc(Cl)c(Cl)c1)S(C)(=O)=O. The van der Waals surface area contributed by atoms with Gasteiger partial charge in [-0.2, -0.15) is 0 Å². The van der Waals surface area contributed by atoms with E-state index < -0.39 is 22.0 Å². The first kappa shape index (κ1) is 21.6. The predicted molar refractivity (Wildman–Crippen MR) is 119 cm³/mol. The van der Waals surface area contributed by atoms with Gasteiger partial charge in [0.05, 0.1) is 32.2 Å². The zero-order valence-electron chi connectivity index (χ0n) is 15.6. The van der Waals surface area contributed by atoms with E-state index in [1.807, 2.05) is 0 Å². The standard InChI is InChI=1S/C18H17Cl2N3O4S2/c1-10(23(29(3,26)27)12-5-6-13(19)14(20)9-12)17(24)21-11-4-7-15-16(8-11)28-18(25)22(15)2/h4-10H,1-3H3,(H,21,24). The van der Waals surface area contributed by atoms with E-state index >= 15 is 0 Å². The van der Waals surface area contributed by atoms with Crippen molar-refractivity contribution in [3.8, 4) is 0 Å². The average molecular weight is 474 g/mol. The fraction of sp³-hybridized carbons (Fsp3) is 0.222. The van der Waals surface area contributed by atoms with Crippen LogP contribution in [0.3, 0.4) is 0 Å². The Morgan fingerprint density at radius 1 is 1.17 bits per heavy atom. The van der Waals surface area contributed by atoms with Crippen molar-refractivity contribution >= 4 is 72.1 Å². The maximum absolute atomic E-state index is 12.8. The Morgan fingerprint density at radius 3 is 2.48 bits per heavy atom. The normalized spacial score (nSPS) is 12.7. The van der Waals surface area contributed by atoms with Crippen LogP contribution in [-0.4, -0.2) is 31.2 Å². The zero-order chi connectivity index (χ0) is 21.5. The van der Waals surface area contributed by atoms with Gasteiger partial charge in [-0.25, -0.2) is 8.42 Å². The van der Waals surface area contributed by atoms with Crippen LogP contribution >= 0.6 is 34.5 Å². The van der Waals surface area contributed by atoms with Crippen LogP contribution in [0.2, 0.25) is 10.0 Å². The van der Waals surface area contributed by atoms with Crippen LogP contribution in [0.5, 0.6) is 0 Å². The molecular weight excluding hydrogens is 457 g/mol. The maximum atomic E-state index is 12.8. The molecule has 1 unspecified atom stereocenters. The molecule has 7 nitrogen and oxygen atoms in total. The number of anilines is 2. The summed E-state index contributed by atoms with van der Waals surface area (Å²) in [6.45, 7) is 1.47. The van der Waals surface area contributed by atoms with Gasteiger partial charge in [-0.3, -0.25) is 13.9 Å². The maximum Gasteiger partial charge on any atom is 0.307 e. The Balaban J connectivity index is 1.91. The number of carbonyl (C=O) groups excluding carboxylic acids is 1. The number of nitrogens with zero attached hydrogens (tertiary/aromatic N) is 2. The van der Waals surface area contributed by atoms with E-state index in [1.54, 1.807) is 25.2 Å². The monoisotopic (exact) mass is 473 g/mol. The van der Waals surface area contributed by atoms with E-state index in [9.17, 15) is 18.0 Å². The predicted octanol–water partition coefficient (Wildman–Crippen LogP) is 3.70. The van der Waals surface area contributed by atoms with Gasteiger partial charge in [-0.05, 0) is 43.3 Å². The number of aromatic nitrogens is 1. The number of fused-ring (bicyclic) bond motifs is 1. The molecule has 0 radical (unpaired) electrons. The molecule has 2 aromatic carbocycles. The van der Waals surface area contributed by atoms with Crippen molar-refractivity contribution in [1.29, 1.82) is 0 Å². The third-order valence-corrected chi connectivity index (χ3v) is 7.28. The number of carbonyl (C=O) groups is 1. The van der Waals surface area contributed by atoms with E-state index in [1.165, 1.54) is 29.7 Å². The van der Waals surface area contributed by atoms with Gasteiger partial charge in [0.15, 0.2) is 0 Å². The number of halogens is 2. The molecule has 0 bridgehead atoms. The number of amides is 1. The van der Waals surface area contributed by atoms with Gasteiger partial charge in [0.1, 0.15) is 6.04 Å². The highest BCUT2D eigenvalue weighted by molar-refractivity contribution is 7.92. The number of thiazole rings is 1. The molecule has 3 aromatic rings. The Labute approximate surface area is 181 Å². The Bertz CT molecular complexity index is 1270. The van der Waals surface area contributed by atoms with E-state index in [4.69, 9.17) is 23.2 Å². The molecule has 0 spiro atoms. The highest BCUT2D eigenvalue weighted by atomic mass is 35.5. The number of aryl methyl sites for hydroxylation is 1. The second-order valence-corrected chi connectivity index (χ2v) is 10.1. The highest BCUT2D eigenvalue weighted by Crippen LogP contribution is 2.30. The van der Waals surface area contributed by atoms with Crippen molar-refractivity contribution in [2.75, 3.05) is 15.9 Å². The summed E-state index contributed by atoms with van der Waals surface area (Å²) in [7, 11) is -2.12. The minimum atomic E-state index is -3.79. The summed E-state index contributed by atoms with van der Waals surface area (Å²) in [6, 6.07) is 8.33. The molecule has 1 atom stereocenters. The molecule has 0 aliphatic carbocycles. The summed E-state index contributed by atoms with van der Waals surface area (Å²) in [5.41, 5.74) is 1.43. The molecule has 0 saturated heterocycles. The first-order valence-electron chi connectivity index (χ1n) is 8.34. The number of benzene rings is 2. The average Bonchev–Trinajstić information content (AvgIpc) is 2.90. The molecule has 1 amide bonds. The molecule has 0 aliphatic heterocycles. The molecule has 1 N–H and O–H groups in total. The van der Waals surface area contributed by atoms with Crippen LogP contribution in [0.15, 0.2) is 41.2 Å². The smallest absolute Gasteiger partial charge is 0.307 e. The third kappa shape index (κ3) is 4.42. The van der Waals surface area contributed by atoms with Crippen LogP contribution in [0.4, 0.5) is 11.4 Å². The second kappa shape index (κ2) is 7.98. The van der Waals surface area contributed by atoms with Crippen molar-refractivity contribution in [3.05, 3.63) is 56.1 Å². The number of nitrogens with one attached hydrogen (secondary N) is 1. The van der Waals surface area contributed by atoms with Crippen molar-refractivity contribution < 1.29 is 13.2 Å². The molecule has 0 fully saturated rings. The van der Waals surface area contributed by atoms with Gasteiger partial charge in [-0.1, -0.05) is 34.5 Å². The van der Waals surface area contributed by atoms with Crippen molar-refractivity contribution in [3.63, 3.8) is 0 Å². The highest BCUT2D eigenvalue weighted by Gasteiger charge is 2.29. The van der Waals surface area contributed by atoms with Gasteiger partial charge in [0, 0.05) is 12.7 Å². The van der Waals surface area contributed by atoms with E-state index in [-0.39, 0.29) is 20.6 Å². The van der Waals surface area contributed by atoms with Crippen LogP contribution in [0, 0.1) is 0 Å². The largest absolute Gasteiger partial charge is 0.324 e. The lowest BCUT2D eigenvalue weighted by Gasteiger charge is -2.28. The topological polar surface area (TPSA) is 88.5 Å². The Morgan fingerprint density at radius 2 is 1.86 bits per heavy atom.